The highest BCUT2D eigenvalue weighted by molar-refractivity contribution is 7.89. The van der Waals surface area contributed by atoms with Crippen LogP contribution in [0.25, 0.3) is 0 Å². The molecule has 0 atom stereocenters. The molecule has 2 heterocycles. The van der Waals surface area contributed by atoms with E-state index in [1.165, 1.54) is 0 Å². The fraction of sp³-hybridized carbons (Fsp3) is 0.300. The zero-order valence-corrected chi connectivity index (χ0v) is 11.2. The van der Waals surface area contributed by atoms with Gasteiger partial charge >= 0.3 is 5.97 Å². The van der Waals surface area contributed by atoms with Gasteiger partial charge < -0.3 is 13.7 Å². The number of esters is 1. The molecule has 0 amide bonds. The van der Waals surface area contributed by atoms with E-state index >= 15 is 0 Å². The maximum Gasteiger partial charge on any atom is 0.374 e. The van der Waals surface area contributed by atoms with Crippen molar-refractivity contribution in [3.63, 3.8) is 0 Å². The lowest BCUT2D eigenvalue weighted by Crippen LogP contribution is -2.11. The van der Waals surface area contributed by atoms with Crippen LogP contribution in [0.3, 0.4) is 0 Å². The topological polar surface area (TPSA) is 139 Å². The Morgan fingerprint density at radius 2 is 2.20 bits per heavy atom. The summed E-state index contributed by atoms with van der Waals surface area (Å²) in [5.41, 5.74) is 0. The lowest BCUT2D eigenvalue weighted by molar-refractivity contribution is 0.0388. The number of sulfonamides is 1. The normalized spacial score (nSPS) is 11.5. The lowest BCUT2D eigenvalue weighted by atomic mass is 10.4. The molecule has 0 bridgehead atoms. The smallest absolute Gasteiger partial charge is 0.374 e. The Morgan fingerprint density at radius 3 is 2.75 bits per heavy atom. The van der Waals surface area contributed by atoms with E-state index in [2.05, 4.69) is 10.1 Å². The van der Waals surface area contributed by atoms with Gasteiger partial charge in [0.2, 0.25) is 10.9 Å². The van der Waals surface area contributed by atoms with Gasteiger partial charge in [-0.1, -0.05) is 12.1 Å². The summed E-state index contributed by atoms with van der Waals surface area (Å²) in [6.45, 7) is 1.61. The average Bonchev–Trinajstić information content (AvgIpc) is 3.04. The van der Waals surface area contributed by atoms with Crippen LogP contribution in [0.15, 0.2) is 26.2 Å². The van der Waals surface area contributed by atoms with Crippen LogP contribution in [0, 0.1) is 0 Å². The Balaban J connectivity index is 2.00. The molecule has 2 aromatic heterocycles. The van der Waals surface area contributed by atoms with E-state index < -0.39 is 21.1 Å². The van der Waals surface area contributed by atoms with Crippen molar-refractivity contribution in [2.45, 2.75) is 25.0 Å². The Kier molecular flexibility index (Phi) is 3.86. The zero-order valence-electron chi connectivity index (χ0n) is 10.4. The number of hydrogen-bond acceptors (Lipinski definition) is 8. The number of hydrogen-bond donors (Lipinski definition) is 1. The van der Waals surface area contributed by atoms with Crippen LogP contribution in [0.4, 0.5) is 0 Å². The summed E-state index contributed by atoms with van der Waals surface area (Å²) < 4.78 is 36.4. The minimum atomic E-state index is -4.00. The standard InChI is InChI=1S/C10H11N3O6S/c1-2-7-12-8(19-13-7)5-17-10(14)6-3-4-9(18-6)20(11,15)16/h3-4H,2,5H2,1H3,(H2,11,15,16). The second kappa shape index (κ2) is 5.43. The molecule has 10 heteroatoms. The summed E-state index contributed by atoms with van der Waals surface area (Å²) in [5, 5.41) is 7.95. The molecule has 0 aliphatic carbocycles. The van der Waals surface area contributed by atoms with Gasteiger partial charge in [0.15, 0.2) is 12.4 Å². The highest BCUT2D eigenvalue weighted by Gasteiger charge is 2.19. The van der Waals surface area contributed by atoms with Gasteiger partial charge in [0.1, 0.15) is 0 Å². The van der Waals surface area contributed by atoms with Gasteiger partial charge in [0.25, 0.3) is 15.9 Å². The third kappa shape index (κ3) is 3.22. The number of nitrogens with two attached hydrogens (primary N) is 1. The molecule has 0 fully saturated rings. The van der Waals surface area contributed by atoms with Crippen molar-refractivity contribution in [2.24, 2.45) is 5.14 Å². The molecule has 0 aromatic carbocycles. The van der Waals surface area contributed by atoms with Gasteiger partial charge in [0, 0.05) is 6.42 Å². The lowest BCUT2D eigenvalue weighted by Gasteiger charge is -1.98. The fourth-order valence-corrected chi connectivity index (χ4v) is 1.74. The number of carbonyl (C=O) groups is 1. The summed E-state index contributed by atoms with van der Waals surface area (Å²) >= 11 is 0. The Morgan fingerprint density at radius 1 is 1.45 bits per heavy atom. The van der Waals surface area contributed by atoms with Crippen LogP contribution in [0.5, 0.6) is 0 Å². The van der Waals surface area contributed by atoms with Crippen molar-refractivity contribution in [3.05, 3.63) is 29.6 Å². The SMILES string of the molecule is CCc1noc(COC(=O)c2ccc(S(N)(=O)=O)o2)n1. The Labute approximate surface area is 113 Å². The molecule has 0 saturated heterocycles. The zero-order chi connectivity index (χ0) is 14.8. The van der Waals surface area contributed by atoms with Gasteiger partial charge in [-0.3, -0.25) is 0 Å². The van der Waals surface area contributed by atoms with Gasteiger partial charge in [-0.25, -0.2) is 18.4 Å². The summed E-state index contributed by atoms with van der Waals surface area (Å²) in [6.07, 6.45) is 0.591. The van der Waals surface area contributed by atoms with Crippen molar-refractivity contribution in [3.8, 4) is 0 Å². The number of aryl methyl sites for hydroxylation is 1. The van der Waals surface area contributed by atoms with E-state index in [1.54, 1.807) is 0 Å². The van der Waals surface area contributed by atoms with Crippen LogP contribution >= 0.6 is 0 Å². The van der Waals surface area contributed by atoms with E-state index in [0.717, 1.165) is 12.1 Å². The first-order chi connectivity index (χ1) is 9.40. The maximum absolute atomic E-state index is 11.6. The molecule has 0 spiro atoms. The monoisotopic (exact) mass is 301 g/mol. The third-order valence-corrected chi connectivity index (χ3v) is 3.00. The molecule has 2 aromatic rings. The summed E-state index contributed by atoms with van der Waals surface area (Å²) in [7, 11) is -4.00. The van der Waals surface area contributed by atoms with Gasteiger partial charge in [0.05, 0.1) is 0 Å². The second-order valence-electron chi connectivity index (χ2n) is 3.70. The quantitative estimate of drug-likeness (QED) is 0.774. The van der Waals surface area contributed by atoms with E-state index in [0.29, 0.717) is 12.2 Å². The minimum Gasteiger partial charge on any atom is -0.450 e. The van der Waals surface area contributed by atoms with E-state index in [1.807, 2.05) is 6.92 Å². The number of carbonyl (C=O) groups excluding carboxylic acids is 1. The van der Waals surface area contributed by atoms with Crippen molar-refractivity contribution >= 4 is 16.0 Å². The van der Waals surface area contributed by atoms with Crippen LogP contribution < -0.4 is 5.14 Å². The predicted octanol–water partition coefficient (Wildman–Crippen LogP) is 0.229. The largest absolute Gasteiger partial charge is 0.450 e. The van der Waals surface area contributed by atoms with Gasteiger partial charge in [-0.15, -0.1) is 0 Å². The third-order valence-electron chi connectivity index (χ3n) is 2.22. The van der Waals surface area contributed by atoms with Crippen LogP contribution in [-0.4, -0.2) is 24.5 Å². The first-order valence-electron chi connectivity index (χ1n) is 5.51. The number of ether oxygens (including phenoxy) is 1. The van der Waals surface area contributed by atoms with Crippen LogP contribution in [0.2, 0.25) is 0 Å². The Hall–Kier alpha value is -2.20. The molecule has 0 aliphatic rings. The second-order valence-corrected chi connectivity index (χ2v) is 5.19. The van der Waals surface area contributed by atoms with Gasteiger partial charge in [-0.2, -0.15) is 4.98 Å². The van der Waals surface area contributed by atoms with Crippen LogP contribution in [0.1, 0.15) is 29.2 Å². The van der Waals surface area contributed by atoms with Crippen molar-refractivity contribution in [1.29, 1.82) is 0 Å². The van der Waals surface area contributed by atoms with Crippen molar-refractivity contribution < 1.29 is 26.9 Å². The van der Waals surface area contributed by atoms with Gasteiger partial charge in [-0.05, 0) is 12.1 Å². The maximum atomic E-state index is 11.6. The van der Waals surface area contributed by atoms with E-state index in [-0.39, 0.29) is 18.3 Å². The number of primary sulfonamides is 1. The molecule has 2 N–H and O–H groups in total. The highest BCUT2D eigenvalue weighted by atomic mass is 32.2. The molecular weight excluding hydrogens is 290 g/mol. The predicted molar refractivity (Wildman–Crippen MR) is 62.9 cm³/mol. The van der Waals surface area contributed by atoms with Crippen molar-refractivity contribution in [1.82, 2.24) is 10.1 Å². The summed E-state index contributed by atoms with van der Waals surface area (Å²) in [6, 6.07) is 2.21. The van der Waals surface area contributed by atoms with E-state index in [9.17, 15) is 13.2 Å². The molecule has 0 radical (unpaired) electrons. The van der Waals surface area contributed by atoms with E-state index in [4.69, 9.17) is 18.8 Å². The first kappa shape index (κ1) is 14.2. The Bertz CT molecular complexity index is 717. The number of nitrogens with zero attached hydrogens (tertiary/aromatic N) is 2. The first-order valence-corrected chi connectivity index (χ1v) is 7.06. The molecule has 0 unspecified atom stereocenters. The highest BCUT2D eigenvalue weighted by Crippen LogP contribution is 2.13. The molecule has 108 valence electrons. The number of furan rings is 1. The molecule has 2 rings (SSSR count). The summed E-state index contributed by atoms with van der Waals surface area (Å²) in [4.78, 5) is 15.5. The number of aromatic nitrogens is 2. The molecule has 0 saturated carbocycles. The molecule has 9 nitrogen and oxygen atoms in total. The molecular formula is C10H11N3O6S. The average molecular weight is 301 g/mol. The molecule has 20 heavy (non-hydrogen) atoms. The molecule has 0 aliphatic heterocycles. The van der Waals surface area contributed by atoms with Crippen LogP contribution in [-0.2, 0) is 27.8 Å². The fourth-order valence-electron chi connectivity index (χ4n) is 1.27. The minimum absolute atomic E-state index is 0.133. The summed E-state index contributed by atoms with van der Waals surface area (Å²) in [5.74, 6) is -0.528. The van der Waals surface area contributed by atoms with Crippen molar-refractivity contribution in [2.75, 3.05) is 0 Å². The number of rotatable bonds is 5.